The summed E-state index contributed by atoms with van der Waals surface area (Å²) in [6.45, 7) is -1.66. The topological polar surface area (TPSA) is 48.2 Å². The van der Waals surface area contributed by atoms with E-state index in [9.17, 15) is 26.0 Å². The van der Waals surface area contributed by atoms with Crippen molar-refractivity contribution in [2.24, 2.45) is 0 Å². The molecule has 0 aromatic heterocycles. The van der Waals surface area contributed by atoms with Crippen molar-refractivity contribution in [3.05, 3.63) is 4.72 Å². The van der Waals surface area contributed by atoms with Gasteiger partial charge in [0.25, 0.3) is 0 Å². The fourth-order valence-corrected chi connectivity index (χ4v) is 1.46. The summed E-state index contributed by atoms with van der Waals surface area (Å²) >= 11 is 0. The standard InChI is InChI=1S/C3H2F4NO2S/c4-2(5)1-8-11(9,10)3(2,6)7/h1H2/q-1. The average molecular weight is 192 g/mol. The molecule has 0 bridgehead atoms. The predicted octanol–water partition coefficient (Wildman–Crippen LogP) is 0.932. The molecule has 1 aliphatic heterocycles. The molecule has 1 saturated heterocycles. The van der Waals surface area contributed by atoms with E-state index < -0.39 is 27.7 Å². The van der Waals surface area contributed by atoms with Gasteiger partial charge in [-0.3, -0.25) is 0 Å². The van der Waals surface area contributed by atoms with Crippen LogP contribution < -0.4 is 0 Å². The Kier molecular flexibility index (Phi) is 1.48. The first-order valence-corrected chi connectivity index (χ1v) is 3.84. The quantitative estimate of drug-likeness (QED) is 0.536. The summed E-state index contributed by atoms with van der Waals surface area (Å²) in [6.07, 6.45) is 0. The van der Waals surface area contributed by atoms with E-state index in [0.717, 1.165) is 0 Å². The normalized spacial score (nSPS) is 32.0. The maximum absolute atomic E-state index is 12.1. The molecular formula is C3H2F4NO2S-. The van der Waals surface area contributed by atoms with E-state index in [1.165, 1.54) is 0 Å². The monoisotopic (exact) mass is 192 g/mol. The van der Waals surface area contributed by atoms with Gasteiger partial charge in [0.05, 0.1) is 0 Å². The number of halogens is 4. The molecule has 3 nitrogen and oxygen atoms in total. The first-order valence-electron chi connectivity index (χ1n) is 2.40. The number of hydrogen-bond acceptors (Lipinski definition) is 2. The molecule has 0 aromatic rings. The zero-order valence-corrected chi connectivity index (χ0v) is 5.71. The molecule has 0 spiro atoms. The van der Waals surface area contributed by atoms with Crippen molar-refractivity contribution < 1.29 is 26.0 Å². The number of sulfonamides is 1. The van der Waals surface area contributed by atoms with Gasteiger partial charge >= 0.3 is 11.2 Å². The molecular weight excluding hydrogens is 190 g/mol. The molecule has 0 atom stereocenters. The van der Waals surface area contributed by atoms with Crippen LogP contribution in [-0.2, 0) is 10.0 Å². The first kappa shape index (κ1) is 8.72. The Morgan fingerprint density at radius 1 is 1.18 bits per heavy atom. The van der Waals surface area contributed by atoms with Crippen molar-refractivity contribution >= 4 is 10.0 Å². The van der Waals surface area contributed by atoms with Crippen molar-refractivity contribution in [1.82, 2.24) is 0 Å². The van der Waals surface area contributed by atoms with Crippen LogP contribution in [0.25, 0.3) is 4.72 Å². The van der Waals surface area contributed by atoms with Gasteiger partial charge in [0.1, 0.15) is 10.0 Å². The molecule has 0 aliphatic carbocycles. The summed E-state index contributed by atoms with van der Waals surface area (Å²) in [5, 5.41) is -5.04. The highest BCUT2D eigenvalue weighted by molar-refractivity contribution is 7.95. The Morgan fingerprint density at radius 3 is 1.73 bits per heavy atom. The molecule has 1 aliphatic rings. The maximum atomic E-state index is 12.1. The van der Waals surface area contributed by atoms with Crippen LogP contribution in [0, 0.1) is 0 Å². The lowest BCUT2D eigenvalue weighted by Crippen LogP contribution is -2.40. The van der Waals surface area contributed by atoms with Gasteiger partial charge in [-0.25, -0.2) is 17.2 Å². The maximum Gasteiger partial charge on any atom is 0.389 e. The molecule has 1 heterocycles. The third-order valence-corrected chi connectivity index (χ3v) is 2.60. The Morgan fingerprint density at radius 2 is 1.64 bits per heavy atom. The first-order chi connectivity index (χ1) is 4.71. The number of rotatable bonds is 0. The fraction of sp³-hybridized carbons (Fsp3) is 1.00. The van der Waals surface area contributed by atoms with Crippen LogP contribution in [0.3, 0.4) is 0 Å². The van der Waals surface area contributed by atoms with E-state index in [1.54, 1.807) is 0 Å². The van der Waals surface area contributed by atoms with E-state index in [0.29, 0.717) is 0 Å². The van der Waals surface area contributed by atoms with Crippen molar-refractivity contribution in [3.63, 3.8) is 0 Å². The zero-order valence-electron chi connectivity index (χ0n) is 4.89. The smallest absolute Gasteiger partial charge is 0.389 e. The number of nitrogens with zero attached hydrogens (tertiary/aromatic N) is 1. The summed E-state index contributed by atoms with van der Waals surface area (Å²) in [4.78, 5) is 0. The molecule has 66 valence electrons. The average Bonchev–Trinajstić information content (AvgIpc) is 1.93. The molecule has 0 aromatic carbocycles. The minimum atomic E-state index is -5.29. The Bertz CT molecular complexity index is 271. The van der Waals surface area contributed by atoms with E-state index >= 15 is 0 Å². The number of alkyl halides is 4. The summed E-state index contributed by atoms with van der Waals surface area (Å²) in [7, 11) is -5.29. The van der Waals surface area contributed by atoms with Gasteiger partial charge in [0, 0.05) is 0 Å². The van der Waals surface area contributed by atoms with Crippen LogP contribution in [0.4, 0.5) is 17.6 Å². The van der Waals surface area contributed by atoms with Gasteiger partial charge in [0.2, 0.25) is 0 Å². The molecule has 0 unspecified atom stereocenters. The van der Waals surface area contributed by atoms with E-state index in [1.807, 2.05) is 0 Å². The van der Waals surface area contributed by atoms with Crippen molar-refractivity contribution in [1.29, 1.82) is 0 Å². The second kappa shape index (κ2) is 1.86. The van der Waals surface area contributed by atoms with Crippen molar-refractivity contribution in [3.8, 4) is 0 Å². The van der Waals surface area contributed by atoms with Crippen molar-refractivity contribution in [2.45, 2.75) is 11.2 Å². The molecule has 0 N–H and O–H groups in total. The number of hydrogen-bond donors (Lipinski definition) is 0. The summed E-state index contributed by atoms with van der Waals surface area (Å²) < 4.78 is 70.5. The predicted molar refractivity (Wildman–Crippen MR) is 27.0 cm³/mol. The third kappa shape index (κ3) is 0.924. The molecule has 8 heteroatoms. The van der Waals surface area contributed by atoms with Gasteiger partial charge in [-0.05, 0) is 0 Å². The highest BCUT2D eigenvalue weighted by Crippen LogP contribution is 2.47. The van der Waals surface area contributed by atoms with Crippen LogP contribution >= 0.6 is 0 Å². The van der Waals surface area contributed by atoms with Crippen LogP contribution in [-0.4, -0.2) is 26.1 Å². The minimum absolute atomic E-state index is 1.66. The fourth-order valence-electron chi connectivity index (χ4n) is 0.528. The molecule has 1 rings (SSSR count). The lowest BCUT2D eigenvalue weighted by atomic mass is 10.3. The summed E-state index contributed by atoms with van der Waals surface area (Å²) in [6, 6.07) is 0. The lowest BCUT2D eigenvalue weighted by Gasteiger charge is -2.18. The van der Waals surface area contributed by atoms with Crippen LogP contribution in [0.5, 0.6) is 0 Å². The second-order valence-corrected chi connectivity index (χ2v) is 3.70. The van der Waals surface area contributed by atoms with Crippen LogP contribution in [0.2, 0.25) is 0 Å². The SMILES string of the molecule is O=S1(=O)[N-]CC(F)(F)C1(F)F. The molecule has 0 saturated carbocycles. The Balaban J connectivity index is 3.21. The van der Waals surface area contributed by atoms with Gasteiger partial charge in [-0.15, -0.1) is 0 Å². The van der Waals surface area contributed by atoms with Gasteiger partial charge < -0.3 is 4.72 Å². The highest BCUT2D eigenvalue weighted by Gasteiger charge is 2.64. The zero-order chi connectivity index (χ0) is 8.91. The van der Waals surface area contributed by atoms with E-state index in [2.05, 4.69) is 4.72 Å². The van der Waals surface area contributed by atoms with Crippen LogP contribution in [0.15, 0.2) is 0 Å². The summed E-state index contributed by atoms with van der Waals surface area (Å²) in [5.74, 6) is -4.56. The Labute approximate surface area is 59.4 Å². The van der Waals surface area contributed by atoms with Gasteiger partial charge in [-0.1, -0.05) is 6.54 Å². The highest BCUT2D eigenvalue weighted by atomic mass is 32.2. The lowest BCUT2D eigenvalue weighted by molar-refractivity contribution is -0.137. The minimum Gasteiger partial charge on any atom is -0.538 e. The second-order valence-electron chi connectivity index (χ2n) is 1.98. The summed E-state index contributed by atoms with van der Waals surface area (Å²) in [5.41, 5.74) is 0. The Hall–Kier alpha value is -0.370. The van der Waals surface area contributed by atoms with E-state index in [-0.39, 0.29) is 0 Å². The van der Waals surface area contributed by atoms with Gasteiger partial charge in [-0.2, -0.15) is 8.78 Å². The molecule has 0 radical (unpaired) electrons. The molecule has 1 fully saturated rings. The van der Waals surface area contributed by atoms with Crippen LogP contribution in [0.1, 0.15) is 0 Å². The molecule has 11 heavy (non-hydrogen) atoms. The van der Waals surface area contributed by atoms with E-state index in [4.69, 9.17) is 0 Å². The largest absolute Gasteiger partial charge is 0.538 e. The van der Waals surface area contributed by atoms with Crippen molar-refractivity contribution in [2.75, 3.05) is 6.54 Å². The third-order valence-electron chi connectivity index (χ3n) is 1.18. The molecule has 0 amide bonds. The van der Waals surface area contributed by atoms with Gasteiger partial charge in [0.15, 0.2) is 0 Å².